The molecule has 0 aromatic carbocycles. The predicted octanol–water partition coefficient (Wildman–Crippen LogP) is 3.45. The first-order chi connectivity index (χ1) is 6.26. The number of hydrogen-bond donors (Lipinski definition) is 0. The molecule has 0 aliphatic heterocycles. The van der Waals surface area contributed by atoms with Crippen molar-refractivity contribution in [3.8, 4) is 0 Å². The largest absolute Gasteiger partial charge is 0.265 e. The standard InChI is InChI=1S/C12H15N/c1-5-8-11(4)12(9-6-2)10-13-7-3/h5-10H,1-3H2,4H3/b11-8-,12-9?,13-10-. The second kappa shape index (κ2) is 7.04. The lowest BCUT2D eigenvalue weighted by Gasteiger charge is -1.98. The molecule has 0 aromatic heterocycles. The molecule has 0 amide bonds. The maximum absolute atomic E-state index is 3.94. The Hall–Kier alpha value is -1.63. The summed E-state index contributed by atoms with van der Waals surface area (Å²) in [5, 5.41) is 0. The molecule has 68 valence electrons. The van der Waals surface area contributed by atoms with Crippen molar-refractivity contribution >= 4 is 6.21 Å². The zero-order valence-electron chi connectivity index (χ0n) is 8.03. The summed E-state index contributed by atoms with van der Waals surface area (Å²) in [5.41, 5.74) is 2.11. The van der Waals surface area contributed by atoms with Crippen LogP contribution in [0.4, 0.5) is 0 Å². The first kappa shape index (κ1) is 11.4. The first-order valence-electron chi connectivity index (χ1n) is 4.02. The summed E-state index contributed by atoms with van der Waals surface area (Å²) in [7, 11) is 0. The molecule has 0 aromatic rings. The van der Waals surface area contributed by atoms with Gasteiger partial charge >= 0.3 is 0 Å². The number of allylic oxidation sites excluding steroid dienone is 6. The average Bonchev–Trinajstić information content (AvgIpc) is 2.12. The third-order valence-corrected chi connectivity index (χ3v) is 1.44. The fourth-order valence-electron chi connectivity index (χ4n) is 0.809. The van der Waals surface area contributed by atoms with Crippen LogP contribution in [0.2, 0.25) is 0 Å². The highest BCUT2D eigenvalue weighted by Gasteiger charge is 1.92. The Morgan fingerprint density at radius 3 is 2.15 bits per heavy atom. The van der Waals surface area contributed by atoms with Crippen molar-refractivity contribution in [1.29, 1.82) is 0 Å². The molecule has 0 N–H and O–H groups in total. The van der Waals surface area contributed by atoms with Gasteiger partial charge in [0.1, 0.15) is 0 Å². The van der Waals surface area contributed by atoms with Crippen molar-refractivity contribution in [3.63, 3.8) is 0 Å². The van der Waals surface area contributed by atoms with Gasteiger partial charge in [-0.05, 0) is 18.1 Å². The molecule has 0 fully saturated rings. The van der Waals surface area contributed by atoms with Crippen LogP contribution in [-0.2, 0) is 0 Å². The molecule has 0 heterocycles. The van der Waals surface area contributed by atoms with Crippen molar-refractivity contribution < 1.29 is 0 Å². The van der Waals surface area contributed by atoms with E-state index in [1.165, 1.54) is 6.20 Å². The molecule has 0 spiro atoms. The summed E-state index contributed by atoms with van der Waals surface area (Å²) in [4.78, 5) is 3.94. The van der Waals surface area contributed by atoms with E-state index in [1.807, 2.05) is 19.1 Å². The molecule has 0 aliphatic carbocycles. The van der Waals surface area contributed by atoms with E-state index in [-0.39, 0.29) is 0 Å². The highest BCUT2D eigenvalue weighted by molar-refractivity contribution is 5.85. The molecule has 0 saturated heterocycles. The van der Waals surface area contributed by atoms with Crippen LogP contribution in [0.25, 0.3) is 0 Å². The van der Waals surface area contributed by atoms with Crippen LogP contribution in [0, 0.1) is 0 Å². The van der Waals surface area contributed by atoms with Crippen LogP contribution < -0.4 is 0 Å². The third kappa shape index (κ3) is 4.75. The Balaban J connectivity index is 4.80. The van der Waals surface area contributed by atoms with Crippen LogP contribution in [0.5, 0.6) is 0 Å². The van der Waals surface area contributed by atoms with Crippen molar-refractivity contribution in [1.82, 2.24) is 0 Å². The van der Waals surface area contributed by atoms with Gasteiger partial charge in [-0.2, -0.15) is 0 Å². The first-order valence-corrected chi connectivity index (χ1v) is 4.02. The van der Waals surface area contributed by atoms with Gasteiger partial charge in [-0.15, -0.1) is 0 Å². The van der Waals surface area contributed by atoms with Gasteiger partial charge in [0, 0.05) is 12.4 Å². The van der Waals surface area contributed by atoms with E-state index >= 15 is 0 Å². The van der Waals surface area contributed by atoms with Gasteiger partial charge in [-0.1, -0.05) is 44.0 Å². The molecule has 1 heteroatoms. The van der Waals surface area contributed by atoms with Crippen LogP contribution in [0.1, 0.15) is 6.92 Å². The fourth-order valence-corrected chi connectivity index (χ4v) is 0.809. The lowest BCUT2D eigenvalue weighted by atomic mass is 10.1. The van der Waals surface area contributed by atoms with Gasteiger partial charge in [0.05, 0.1) is 0 Å². The van der Waals surface area contributed by atoms with E-state index < -0.39 is 0 Å². The maximum Gasteiger partial charge on any atom is 0.0342 e. The Morgan fingerprint density at radius 2 is 1.69 bits per heavy atom. The molecule has 1 nitrogen and oxygen atoms in total. The summed E-state index contributed by atoms with van der Waals surface area (Å²) in [6.45, 7) is 12.8. The van der Waals surface area contributed by atoms with Crippen molar-refractivity contribution in [2.24, 2.45) is 4.99 Å². The van der Waals surface area contributed by atoms with Crippen LogP contribution in [0.3, 0.4) is 0 Å². The van der Waals surface area contributed by atoms with Crippen molar-refractivity contribution in [3.05, 3.63) is 61.4 Å². The van der Waals surface area contributed by atoms with E-state index in [9.17, 15) is 0 Å². The van der Waals surface area contributed by atoms with E-state index in [2.05, 4.69) is 24.7 Å². The molecule has 0 unspecified atom stereocenters. The molecule has 0 bridgehead atoms. The molecule has 0 saturated carbocycles. The van der Waals surface area contributed by atoms with Crippen LogP contribution in [-0.4, -0.2) is 6.21 Å². The molecular weight excluding hydrogens is 158 g/mol. The van der Waals surface area contributed by atoms with E-state index in [1.54, 1.807) is 18.4 Å². The Kier molecular flexibility index (Phi) is 6.16. The minimum Gasteiger partial charge on any atom is -0.265 e. The van der Waals surface area contributed by atoms with Crippen molar-refractivity contribution in [2.75, 3.05) is 0 Å². The SMILES string of the molecule is C=CC=C(/C=N\C=C)/C(C)=C\C=C. The summed E-state index contributed by atoms with van der Waals surface area (Å²) < 4.78 is 0. The number of aliphatic imine (C=N–C) groups is 1. The molecular formula is C12H15N. The number of rotatable bonds is 5. The van der Waals surface area contributed by atoms with Gasteiger partial charge < -0.3 is 0 Å². The van der Waals surface area contributed by atoms with E-state index in [0.29, 0.717) is 0 Å². The van der Waals surface area contributed by atoms with Crippen LogP contribution in [0.15, 0.2) is 66.4 Å². The second-order valence-corrected chi connectivity index (χ2v) is 2.40. The summed E-state index contributed by atoms with van der Waals surface area (Å²) >= 11 is 0. The van der Waals surface area contributed by atoms with E-state index in [4.69, 9.17) is 0 Å². The lowest BCUT2D eigenvalue weighted by Crippen LogP contribution is -1.86. The predicted molar refractivity (Wildman–Crippen MR) is 60.9 cm³/mol. The highest BCUT2D eigenvalue weighted by atomic mass is 14.7. The Morgan fingerprint density at radius 1 is 1.08 bits per heavy atom. The molecule has 0 radical (unpaired) electrons. The van der Waals surface area contributed by atoms with Gasteiger partial charge in [-0.3, -0.25) is 4.99 Å². The second-order valence-electron chi connectivity index (χ2n) is 2.40. The molecule has 13 heavy (non-hydrogen) atoms. The van der Waals surface area contributed by atoms with Crippen molar-refractivity contribution in [2.45, 2.75) is 6.92 Å². The summed E-state index contributed by atoms with van der Waals surface area (Å²) in [6, 6.07) is 0. The minimum atomic E-state index is 1.01. The number of nitrogens with zero attached hydrogens (tertiary/aromatic N) is 1. The smallest absolute Gasteiger partial charge is 0.0342 e. The Bertz CT molecular complexity index is 277. The molecule has 0 rings (SSSR count). The number of hydrogen-bond acceptors (Lipinski definition) is 1. The Labute approximate surface area is 80.2 Å². The quantitative estimate of drug-likeness (QED) is 0.446. The maximum atomic E-state index is 3.94. The summed E-state index contributed by atoms with van der Waals surface area (Å²) in [6.07, 6.45) is 10.5. The zero-order valence-corrected chi connectivity index (χ0v) is 8.03. The minimum absolute atomic E-state index is 1.01. The van der Waals surface area contributed by atoms with Gasteiger partial charge in [-0.25, -0.2) is 0 Å². The highest BCUT2D eigenvalue weighted by Crippen LogP contribution is 2.07. The molecule has 0 atom stereocenters. The van der Waals surface area contributed by atoms with Gasteiger partial charge in [0.25, 0.3) is 0 Å². The fraction of sp³-hybridized carbons (Fsp3) is 0.0833. The van der Waals surface area contributed by atoms with E-state index in [0.717, 1.165) is 11.1 Å². The lowest BCUT2D eigenvalue weighted by molar-refractivity contribution is 1.46. The monoisotopic (exact) mass is 173 g/mol. The van der Waals surface area contributed by atoms with Crippen LogP contribution >= 0.6 is 0 Å². The van der Waals surface area contributed by atoms with Gasteiger partial charge in [0.15, 0.2) is 0 Å². The average molecular weight is 173 g/mol. The molecule has 0 aliphatic rings. The zero-order chi connectivity index (χ0) is 10.1. The summed E-state index contributed by atoms with van der Waals surface area (Å²) in [5.74, 6) is 0. The van der Waals surface area contributed by atoms with Gasteiger partial charge in [0.2, 0.25) is 0 Å². The third-order valence-electron chi connectivity index (χ3n) is 1.44. The topological polar surface area (TPSA) is 12.4 Å². The normalized spacial score (nSPS) is 13.0.